The van der Waals surface area contributed by atoms with Gasteiger partial charge in [0.05, 0.1) is 12.0 Å². The van der Waals surface area contributed by atoms with Crippen LogP contribution in [0, 0.1) is 10.1 Å². The van der Waals surface area contributed by atoms with Crippen molar-refractivity contribution in [2.75, 3.05) is 12.4 Å². The molecule has 0 saturated carbocycles. The minimum Gasteiger partial charge on any atom is -0.497 e. The fraction of sp³-hybridized carbons (Fsp3) is 0.0714. The van der Waals surface area contributed by atoms with Crippen LogP contribution in [0.4, 0.5) is 17.2 Å². The molecule has 0 atom stereocenters. The summed E-state index contributed by atoms with van der Waals surface area (Å²) in [4.78, 5) is 22.8. The number of methoxy groups -OCH3 is 1. The maximum atomic E-state index is 11.5. The van der Waals surface area contributed by atoms with E-state index in [0.717, 1.165) is 0 Å². The van der Waals surface area contributed by atoms with Gasteiger partial charge in [0.25, 0.3) is 0 Å². The van der Waals surface area contributed by atoms with E-state index in [1.807, 2.05) is 0 Å². The summed E-state index contributed by atoms with van der Waals surface area (Å²) in [5.74, 6) is 0.921. The molecule has 9 heteroatoms. The highest BCUT2D eigenvalue weighted by molar-refractivity contribution is 5.70. The molecule has 3 rings (SSSR count). The predicted octanol–water partition coefficient (Wildman–Crippen LogP) is 2.32. The van der Waals surface area contributed by atoms with Crippen LogP contribution >= 0.6 is 0 Å². The van der Waals surface area contributed by atoms with Gasteiger partial charge in [0, 0.05) is 18.1 Å². The molecule has 0 saturated heterocycles. The minimum absolute atomic E-state index is 0.0962. The third kappa shape index (κ3) is 2.93. The molecular formula is C14H12N6O3. The molecule has 0 unspecified atom stereocenters. The Morgan fingerprint density at radius 2 is 2.04 bits per heavy atom. The van der Waals surface area contributed by atoms with Gasteiger partial charge in [-0.2, -0.15) is 0 Å². The Hall–Kier alpha value is -3.49. The van der Waals surface area contributed by atoms with Crippen LogP contribution in [0.25, 0.3) is 5.82 Å². The first-order valence-electron chi connectivity index (χ1n) is 6.58. The van der Waals surface area contributed by atoms with E-state index in [0.29, 0.717) is 11.4 Å². The highest BCUT2D eigenvalue weighted by Gasteiger charge is 2.24. The van der Waals surface area contributed by atoms with Gasteiger partial charge in [-0.05, 0) is 24.3 Å². The van der Waals surface area contributed by atoms with E-state index in [1.165, 1.54) is 23.4 Å². The molecule has 0 aliphatic rings. The second-order valence-corrected chi connectivity index (χ2v) is 4.48. The maximum Gasteiger partial charge on any atom is 0.354 e. The molecule has 0 bridgehead atoms. The quantitative estimate of drug-likeness (QED) is 0.569. The SMILES string of the molecule is COc1ccc(Nc2ncnc(-n3ccnc3)c2[N+](=O)[O-])cc1. The van der Waals surface area contributed by atoms with Gasteiger partial charge in [-0.15, -0.1) is 0 Å². The van der Waals surface area contributed by atoms with E-state index in [2.05, 4.69) is 20.3 Å². The molecule has 2 heterocycles. The molecule has 3 aromatic rings. The van der Waals surface area contributed by atoms with E-state index >= 15 is 0 Å². The zero-order valence-corrected chi connectivity index (χ0v) is 12.1. The molecule has 0 radical (unpaired) electrons. The van der Waals surface area contributed by atoms with Crippen LogP contribution in [0.3, 0.4) is 0 Å². The van der Waals surface area contributed by atoms with Crippen LogP contribution in [0.2, 0.25) is 0 Å². The standard InChI is InChI=1S/C14H12N6O3/c1-23-11-4-2-10(3-5-11)18-13-12(20(21)22)14(17-8-16-13)19-7-6-15-9-19/h2-9H,1H3,(H,16,17,18). The van der Waals surface area contributed by atoms with Crippen LogP contribution in [0.1, 0.15) is 0 Å². The smallest absolute Gasteiger partial charge is 0.354 e. The van der Waals surface area contributed by atoms with Gasteiger partial charge < -0.3 is 10.1 Å². The van der Waals surface area contributed by atoms with Crippen LogP contribution in [0.5, 0.6) is 5.75 Å². The van der Waals surface area contributed by atoms with Crippen LogP contribution < -0.4 is 10.1 Å². The predicted molar refractivity (Wildman–Crippen MR) is 82.1 cm³/mol. The fourth-order valence-corrected chi connectivity index (χ4v) is 2.01. The highest BCUT2D eigenvalue weighted by Crippen LogP contribution is 2.30. The van der Waals surface area contributed by atoms with Gasteiger partial charge in [-0.25, -0.2) is 15.0 Å². The van der Waals surface area contributed by atoms with Crippen molar-refractivity contribution in [3.05, 3.63) is 59.4 Å². The Balaban J connectivity index is 2.01. The number of aromatic nitrogens is 4. The zero-order valence-electron chi connectivity index (χ0n) is 12.1. The van der Waals surface area contributed by atoms with Crippen LogP contribution in [-0.2, 0) is 0 Å². The normalized spacial score (nSPS) is 10.3. The lowest BCUT2D eigenvalue weighted by Gasteiger charge is -2.09. The third-order valence-corrected chi connectivity index (χ3v) is 3.09. The Morgan fingerprint density at radius 3 is 2.65 bits per heavy atom. The number of benzene rings is 1. The van der Waals surface area contributed by atoms with Gasteiger partial charge >= 0.3 is 5.69 Å². The van der Waals surface area contributed by atoms with Crippen molar-refractivity contribution >= 4 is 17.2 Å². The summed E-state index contributed by atoms with van der Waals surface area (Å²) in [5, 5.41) is 14.4. The van der Waals surface area contributed by atoms with Crippen molar-refractivity contribution in [3.8, 4) is 11.6 Å². The first kappa shape index (κ1) is 14.4. The molecule has 0 amide bonds. The maximum absolute atomic E-state index is 11.5. The molecule has 0 spiro atoms. The molecule has 23 heavy (non-hydrogen) atoms. The summed E-state index contributed by atoms with van der Waals surface area (Å²) >= 11 is 0. The van der Waals surface area contributed by atoms with Crippen molar-refractivity contribution in [1.29, 1.82) is 0 Å². The number of nitrogens with zero attached hydrogens (tertiary/aromatic N) is 5. The number of imidazole rings is 1. The number of nitro groups is 1. The molecule has 1 aromatic carbocycles. The number of nitrogens with one attached hydrogen (secondary N) is 1. The minimum atomic E-state index is -0.527. The Morgan fingerprint density at radius 1 is 1.26 bits per heavy atom. The summed E-state index contributed by atoms with van der Waals surface area (Å²) in [7, 11) is 1.56. The van der Waals surface area contributed by atoms with Crippen molar-refractivity contribution in [2.45, 2.75) is 0 Å². The fourth-order valence-electron chi connectivity index (χ4n) is 2.01. The lowest BCUT2D eigenvalue weighted by Crippen LogP contribution is -2.06. The Kier molecular flexibility index (Phi) is 3.83. The van der Waals surface area contributed by atoms with Crippen LogP contribution in [0.15, 0.2) is 49.3 Å². The first-order chi connectivity index (χ1) is 11.2. The summed E-state index contributed by atoms with van der Waals surface area (Å²) in [6.07, 6.45) is 5.79. The number of hydrogen-bond acceptors (Lipinski definition) is 7. The highest BCUT2D eigenvalue weighted by atomic mass is 16.6. The van der Waals surface area contributed by atoms with Gasteiger partial charge in [0.2, 0.25) is 11.6 Å². The Bertz CT molecular complexity index is 817. The largest absolute Gasteiger partial charge is 0.497 e. The number of ether oxygens (including phenoxy) is 1. The molecule has 0 aliphatic carbocycles. The second kappa shape index (κ2) is 6.10. The number of anilines is 2. The molecule has 0 fully saturated rings. The first-order valence-corrected chi connectivity index (χ1v) is 6.58. The number of rotatable bonds is 5. The number of hydrogen-bond donors (Lipinski definition) is 1. The monoisotopic (exact) mass is 312 g/mol. The summed E-state index contributed by atoms with van der Waals surface area (Å²) in [6, 6.07) is 6.96. The van der Waals surface area contributed by atoms with Gasteiger partial charge in [0.1, 0.15) is 18.4 Å². The lowest BCUT2D eigenvalue weighted by molar-refractivity contribution is -0.384. The topological polar surface area (TPSA) is 108 Å². The molecular weight excluding hydrogens is 300 g/mol. The summed E-state index contributed by atoms with van der Waals surface area (Å²) in [6.45, 7) is 0. The summed E-state index contributed by atoms with van der Waals surface area (Å²) in [5.41, 5.74) is 0.408. The Labute approximate surface area is 130 Å². The van der Waals surface area contributed by atoms with Crippen molar-refractivity contribution in [1.82, 2.24) is 19.5 Å². The van der Waals surface area contributed by atoms with E-state index in [1.54, 1.807) is 37.6 Å². The lowest BCUT2D eigenvalue weighted by atomic mass is 10.3. The van der Waals surface area contributed by atoms with Gasteiger partial charge in [-0.3, -0.25) is 14.7 Å². The summed E-state index contributed by atoms with van der Waals surface area (Å²) < 4.78 is 6.53. The zero-order chi connectivity index (χ0) is 16.2. The average Bonchev–Trinajstić information content (AvgIpc) is 3.09. The van der Waals surface area contributed by atoms with Crippen molar-refractivity contribution in [2.24, 2.45) is 0 Å². The van der Waals surface area contributed by atoms with Gasteiger partial charge in [0.15, 0.2) is 0 Å². The molecule has 9 nitrogen and oxygen atoms in total. The van der Waals surface area contributed by atoms with E-state index in [-0.39, 0.29) is 17.3 Å². The van der Waals surface area contributed by atoms with E-state index in [4.69, 9.17) is 4.74 Å². The van der Waals surface area contributed by atoms with E-state index in [9.17, 15) is 10.1 Å². The van der Waals surface area contributed by atoms with Crippen molar-refractivity contribution in [3.63, 3.8) is 0 Å². The molecule has 2 aromatic heterocycles. The molecule has 0 aliphatic heterocycles. The van der Waals surface area contributed by atoms with Gasteiger partial charge in [-0.1, -0.05) is 0 Å². The third-order valence-electron chi connectivity index (χ3n) is 3.09. The average molecular weight is 312 g/mol. The van der Waals surface area contributed by atoms with Crippen molar-refractivity contribution < 1.29 is 9.66 Å². The molecule has 116 valence electrons. The second-order valence-electron chi connectivity index (χ2n) is 4.48. The van der Waals surface area contributed by atoms with Crippen LogP contribution in [-0.4, -0.2) is 31.6 Å². The molecule has 1 N–H and O–H groups in total. The van der Waals surface area contributed by atoms with E-state index < -0.39 is 4.92 Å².